The molecule has 0 fully saturated rings. The molecule has 0 radical (unpaired) electrons. The molecule has 4 nitrogen and oxygen atoms in total. The van der Waals surface area contributed by atoms with E-state index in [9.17, 15) is 9.18 Å². The van der Waals surface area contributed by atoms with Crippen LogP contribution < -0.4 is 15.4 Å². The summed E-state index contributed by atoms with van der Waals surface area (Å²) in [5.74, 6) is 0.0258. The summed E-state index contributed by atoms with van der Waals surface area (Å²) in [6.07, 6.45) is 0. The average Bonchev–Trinajstić information content (AvgIpc) is 2.46. The van der Waals surface area contributed by atoms with Gasteiger partial charge in [0.15, 0.2) is 0 Å². The van der Waals surface area contributed by atoms with Crippen molar-refractivity contribution in [3.63, 3.8) is 0 Å². The highest BCUT2D eigenvalue weighted by molar-refractivity contribution is 9.10. The minimum Gasteiger partial charge on any atom is -0.497 e. The van der Waals surface area contributed by atoms with Crippen molar-refractivity contribution in [3.8, 4) is 5.75 Å². The molecule has 0 spiro atoms. The highest BCUT2D eigenvalue weighted by Crippen LogP contribution is 2.26. The molecule has 0 atom stereocenters. The quantitative estimate of drug-likeness (QED) is 0.863. The number of methoxy groups -OCH3 is 1. The van der Waals surface area contributed by atoms with Crippen molar-refractivity contribution >= 4 is 33.2 Å². The molecule has 0 aliphatic heterocycles. The molecule has 0 saturated carbocycles. The minimum absolute atomic E-state index is 0.0578. The summed E-state index contributed by atoms with van der Waals surface area (Å²) >= 11 is 3.39. The van der Waals surface area contributed by atoms with Gasteiger partial charge < -0.3 is 15.4 Å². The summed E-state index contributed by atoms with van der Waals surface area (Å²) in [4.78, 5) is 11.8. The molecular weight excluding hydrogens is 339 g/mol. The van der Waals surface area contributed by atoms with Gasteiger partial charge in [-0.15, -0.1) is 0 Å². The SMILES string of the molecule is COc1ccc(Br)c(NCC(=O)Nc2cccc(F)c2)c1. The molecule has 2 aromatic rings. The second-order valence-electron chi connectivity index (χ2n) is 4.26. The van der Waals surface area contributed by atoms with Crippen LogP contribution in [0.25, 0.3) is 0 Å². The fourth-order valence-electron chi connectivity index (χ4n) is 1.71. The number of amides is 1. The number of rotatable bonds is 5. The van der Waals surface area contributed by atoms with Gasteiger partial charge in [-0.3, -0.25) is 4.79 Å². The maximum absolute atomic E-state index is 13.0. The largest absolute Gasteiger partial charge is 0.497 e. The third-order valence-corrected chi connectivity index (χ3v) is 3.41. The first-order valence-corrected chi connectivity index (χ1v) is 7.00. The Bertz CT molecular complexity index is 649. The number of hydrogen-bond donors (Lipinski definition) is 2. The van der Waals surface area contributed by atoms with E-state index >= 15 is 0 Å². The van der Waals surface area contributed by atoms with Crippen molar-refractivity contribution in [1.29, 1.82) is 0 Å². The van der Waals surface area contributed by atoms with E-state index in [-0.39, 0.29) is 12.5 Å². The molecule has 0 aliphatic rings. The maximum atomic E-state index is 13.0. The summed E-state index contributed by atoms with van der Waals surface area (Å²) < 4.78 is 19.0. The van der Waals surface area contributed by atoms with Crippen LogP contribution in [0.1, 0.15) is 0 Å². The van der Waals surface area contributed by atoms with Crippen LogP contribution in [0.3, 0.4) is 0 Å². The van der Waals surface area contributed by atoms with Crippen molar-refractivity contribution in [2.24, 2.45) is 0 Å². The molecule has 0 aliphatic carbocycles. The smallest absolute Gasteiger partial charge is 0.243 e. The molecule has 2 N–H and O–H groups in total. The van der Waals surface area contributed by atoms with Gasteiger partial charge in [0.25, 0.3) is 0 Å². The van der Waals surface area contributed by atoms with Crippen LogP contribution in [0.2, 0.25) is 0 Å². The number of ether oxygens (including phenoxy) is 1. The van der Waals surface area contributed by atoms with Crippen LogP contribution in [-0.4, -0.2) is 19.6 Å². The van der Waals surface area contributed by atoms with Gasteiger partial charge in [-0.2, -0.15) is 0 Å². The van der Waals surface area contributed by atoms with E-state index in [1.807, 2.05) is 12.1 Å². The van der Waals surface area contributed by atoms with Crippen molar-refractivity contribution in [2.45, 2.75) is 0 Å². The second kappa shape index (κ2) is 7.08. The van der Waals surface area contributed by atoms with E-state index in [4.69, 9.17) is 4.74 Å². The molecular formula is C15H14BrFN2O2. The van der Waals surface area contributed by atoms with E-state index < -0.39 is 5.82 Å². The van der Waals surface area contributed by atoms with Crippen LogP contribution in [-0.2, 0) is 4.79 Å². The summed E-state index contributed by atoms with van der Waals surface area (Å²) in [6, 6.07) is 11.2. The summed E-state index contributed by atoms with van der Waals surface area (Å²) in [6.45, 7) is 0.0578. The number of hydrogen-bond acceptors (Lipinski definition) is 3. The van der Waals surface area contributed by atoms with Gasteiger partial charge in [0.2, 0.25) is 5.91 Å². The zero-order chi connectivity index (χ0) is 15.2. The zero-order valence-corrected chi connectivity index (χ0v) is 12.9. The number of nitrogens with one attached hydrogen (secondary N) is 2. The van der Waals surface area contributed by atoms with Gasteiger partial charge in [-0.25, -0.2) is 4.39 Å². The molecule has 2 aromatic carbocycles. The molecule has 1 amide bonds. The molecule has 2 rings (SSSR count). The van der Waals surface area contributed by atoms with Gasteiger partial charge in [0.05, 0.1) is 19.3 Å². The molecule has 0 saturated heterocycles. The molecule has 6 heteroatoms. The van der Waals surface area contributed by atoms with E-state index in [0.29, 0.717) is 11.4 Å². The first-order chi connectivity index (χ1) is 10.1. The topological polar surface area (TPSA) is 50.4 Å². The average molecular weight is 353 g/mol. The third-order valence-electron chi connectivity index (χ3n) is 2.72. The Morgan fingerprint density at radius 2 is 2.10 bits per heavy atom. The third kappa shape index (κ3) is 4.46. The number of benzene rings is 2. The van der Waals surface area contributed by atoms with E-state index in [1.54, 1.807) is 19.2 Å². The van der Waals surface area contributed by atoms with Crippen LogP contribution in [0.5, 0.6) is 5.75 Å². The van der Waals surface area contributed by atoms with Crippen molar-refractivity contribution < 1.29 is 13.9 Å². The Morgan fingerprint density at radius 1 is 1.29 bits per heavy atom. The van der Waals surface area contributed by atoms with Crippen LogP contribution >= 0.6 is 15.9 Å². The van der Waals surface area contributed by atoms with Crippen LogP contribution in [0, 0.1) is 5.82 Å². The first kappa shape index (κ1) is 15.3. The fourth-order valence-corrected chi connectivity index (χ4v) is 2.10. The second-order valence-corrected chi connectivity index (χ2v) is 5.11. The van der Waals surface area contributed by atoms with Crippen LogP contribution in [0.15, 0.2) is 46.9 Å². The Morgan fingerprint density at radius 3 is 2.81 bits per heavy atom. The number of halogens is 2. The lowest BCUT2D eigenvalue weighted by molar-refractivity contribution is -0.114. The van der Waals surface area contributed by atoms with Crippen LogP contribution in [0.4, 0.5) is 15.8 Å². The normalized spacial score (nSPS) is 10.0. The first-order valence-electron chi connectivity index (χ1n) is 6.21. The molecule has 0 heterocycles. The molecule has 0 unspecified atom stereocenters. The highest BCUT2D eigenvalue weighted by atomic mass is 79.9. The van der Waals surface area contributed by atoms with Gasteiger partial charge in [-0.05, 0) is 46.3 Å². The lowest BCUT2D eigenvalue weighted by Gasteiger charge is -2.10. The van der Waals surface area contributed by atoms with Gasteiger partial charge in [0, 0.05) is 16.2 Å². The highest BCUT2D eigenvalue weighted by Gasteiger charge is 2.06. The molecule has 0 aromatic heterocycles. The number of anilines is 2. The minimum atomic E-state index is -0.392. The summed E-state index contributed by atoms with van der Waals surface area (Å²) in [7, 11) is 1.57. The van der Waals surface area contributed by atoms with Crippen molar-refractivity contribution in [1.82, 2.24) is 0 Å². The fraction of sp³-hybridized carbons (Fsp3) is 0.133. The maximum Gasteiger partial charge on any atom is 0.243 e. The summed E-state index contributed by atoms with van der Waals surface area (Å²) in [5, 5.41) is 5.60. The van der Waals surface area contributed by atoms with Crippen molar-refractivity contribution in [3.05, 3.63) is 52.8 Å². The molecule has 0 bridgehead atoms. The monoisotopic (exact) mass is 352 g/mol. The summed E-state index contributed by atoms with van der Waals surface area (Å²) in [5.41, 5.74) is 1.16. The Balaban J connectivity index is 1.95. The van der Waals surface area contributed by atoms with Gasteiger partial charge >= 0.3 is 0 Å². The van der Waals surface area contributed by atoms with Gasteiger partial charge in [-0.1, -0.05) is 6.07 Å². The lowest BCUT2D eigenvalue weighted by atomic mass is 10.3. The van der Waals surface area contributed by atoms with E-state index in [0.717, 1.165) is 10.2 Å². The predicted molar refractivity (Wildman–Crippen MR) is 84.2 cm³/mol. The molecule has 21 heavy (non-hydrogen) atoms. The standard InChI is InChI=1S/C15H14BrFN2O2/c1-21-12-5-6-13(16)14(8-12)18-9-15(20)19-11-4-2-3-10(17)7-11/h2-8,18H,9H2,1H3,(H,19,20). The van der Waals surface area contributed by atoms with Crippen molar-refractivity contribution in [2.75, 3.05) is 24.3 Å². The Hall–Kier alpha value is -2.08. The van der Waals surface area contributed by atoms with Gasteiger partial charge in [0.1, 0.15) is 11.6 Å². The predicted octanol–water partition coefficient (Wildman–Crippen LogP) is 3.65. The Kier molecular flexibility index (Phi) is 5.16. The Labute approximate surface area is 130 Å². The molecule has 110 valence electrons. The van der Waals surface area contributed by atoms with E-state index in [1.165, 1.54) is 18.2 Å². The number of carbonyl (C=O) groups is 1. The number of carbonyl (C=O) groups excluding carboxylic acids is 1. The zero-order valence-electron chi connectivity index (χ0n) is 11.3. The lowest BCUT2D eigenvalue weighted by Crippen LogP contribution is -2.21. The van der Waals surface area contributed by atoms with E-state index in [2.05, 4.69) is 26.6 Å².